The molecule has 2 N–H and O–H groups in total. The number of carbonyl (C=O) groups is 1. The van der Waals surface area contributed by atoms with Crippen LogP contribution in [-0.4, -0.2) is 51.6 Å². The van der Waals surface area contributed by atoms with E-state index in [1.54, 1.807) is 18.2 Å². The highest BCUT2D eigenvalue weighted by Gasteiger charge is 2.19. The predicted molar refractivity (Wildman–Crippen MR) is 113 cm³/mol. The fraction of sp³-hybridized carbons (Fsp3) is 0.350. The first-order valence-corrected chi connectivity index (χ1v) is 9.87. The lowest BCUT2D eigenvalue weighted by atomic mass is 10.1. The van der Waals surface area contributed by atoms with Crippen molar-refractivity contribution in [2.24, 2.45) is 7.05 Å². The number of fused-ring (bicyclic) bond motifs is 1. The van der Waals surface area contributed by atoms with Gasteiger partial charge in [0.05, 0.1) is 16.2 Å². The molecule has 0 radical (unpaired) electrons. The number of likely N-dealkylation sites (N-methyl/N-ethyl adjacent to an activating group) is 1. The van der Waals surface area contributed by atoms with Gasteiger partial charge in [-0.15, -0.1) is 0 Å². The number of benzene rings is 1. The molecule has 0 aliphatic carbocycles. The molecule has 1 unspecified atom stereocenters. The molecule has 8 nitrogen and oxygen atoms in total. The average Bonchev–Trinajstić information content (AvgIpc) is 3.06. The van der Waals surface area contributed by atoms with Gasteiger partial charge in [0.25, 0.3) is 0 Å². The van der Waals surface area contributed by atoms with E-state index in [0.29, 0.717) is 22.3 Å². The van der Waals surface area contributed by atoms with Gasteiger partial charge in [0.15, 0.2) is 0 Å². The molecule has 2 amide bonds. The first kappa shape index (κ1) is 19.5. The van der Waals surface area contributed by atoms with Crippen LogP contribution >= 0.6 is 11.6 Å². The van der Waals surface area contributed by atoms with Crippen LogP contribution in [0, 0.1) is 0 Å². The third-order valence-electron chi connectivity index (χ3n) is 4.99. The van der Waals surface area contributed by atoms with Gasteiger partial charge in [-0.05, 0) is 44.6 Å². The van der Waals surface area contributed by atoms with E-state index in [4.69, 9.17) is 16.3 Å². The molecule has 152 valence electrons. The first-order valence-electron chi connectivity index (χ1n) is 9.49. The van der Waals surface area contributed by atoms with Gasteiger partial charge in [-0.1, -0.05) is 11.6 Å². The summed E-state index contributed by atoms with van der Waals surface area (Å²) in [5.74, 6) is 0.967. The smallest absolute Gasteiger partial charge is 0.319 e. The molecule has 1 aliphatic rings. The van der Waals surface area contributed by atoms with E-state index in [-0.39, 0.29) is 12.1 Å². The number of nitrogens with one attached hydrogen (secondary N) is 2. The minimum Gasteiger partial charge on any atom is -0.437 e. The molecule has 1 saturated heterocycles. The summed E-state index contributed by atoms with van der Waals surface area (Å²) in [5.41, 5.74) is 2.11. The van der Waals surface area contributed by atoms with Gasteiger partial charge in [-0.3, -0.25) is 0 Å². The zero-order valence-electron chi connectivity index (χ0n) is 16.4. The Morgan fingerprint density at radius 3 is 2.93 bits per heavy atom. The second-order valence-electron chi connectivity index (χ2n) is 7.28. The zero-order valence-corrected chi connectivity index (χ0v) is 17.1. The Labute approximate surface area is 173 Å². The lowest BCUT2D eigenvalue weighted by Crippen LogP contribution is -2.47. The number of likely N-dealkylation sites (tertiary alicyclic amines) is 1. The van der Waals surface area contributed by atoms with Crippen molar-refractivity contribution in [3.63, 3.8) is 0 Å². The average molecular weight is 415 g/mol. The van der Waals surface area contributed by atoms with Gasteiger partial charge in [-0.25, -0.2) is 9.78 Å². The number of ether oxygens (including phenoxy) is 1. The molecule has 2 aromatic heterocycles. The third kappa shape index (κ3) is 4.44. The summed E-state index contributed by atoms with van der Waals surface area (Å²) in [7, 11) is 3.96. The number of halogens is 1. The maximum Gasteiger partial charge on any atom is 0.319 e. The quantitative estimate of drug-likeness (QED) is 0.681. The highest BCUT2D eigenvalue weighted by Crippen LogP contribution is 2.31. The maximum absolute atomic E-state index is 12.3. The standard InChI is InChI=1S/C20H23ClN6O2/c1-26-8-3-4-13(11-26)24-20(28)25-16-6-5-14(10-15(16)21)29-19-18-17(22-12-23-19)7-9-27(18)2/h5-7,9-10,12-13H,3-4,8,11H2,1-2H3,(H2,24,25,28). The van der Waals surface area contributed by atoms with Crippen LogP contribution in [0.1, 0.15) is 12.8 Å². The first-order chi connectivity index (χ1) is 14.0. The molecule has 1 fully saturated rings. The van der Waals surface area contributed by atoms with Crippen molar-refractivity contribution >= 4 is 34.4 Å². The van der Waals surface area contributed by atoms with Crippen LogP contribution in [0.15, 0.2) is 36.8 Å². The molecule has 0 bridgehead atoms. The van der Waals surface area contributed by atoms with Gasteiger partial charge in [0.1, 0.15) is 17.6 Å². The Balaban J connectivity index is 1.43. The van der Waals surface area contributed by atoms with Crippen molar-refractivity contribution in [3.8, 4) is 11.6 Å². The number of anilines is 1. The second kappa shape index (κ2) is 8.26. The number of rotatable bonds is 4. The van der Waals surface area contributed by atoms with E-state index in [2.05, 4.69) is 32.5 Å². The molecule has 3 heterocycles. The van der Waals surface area contributed by atoms with Gasteiger partial charge < -0.3 is 24.8 Å². The Morgan fingerprint density at radius 1 is 1.28 bits per heavy atom. The molecule has 3 aromatic rings. The van der Waals surface area contributed by atoms with Crippen LogP contribution in [0.25, 0.3) is 11.0 Å². The van der Waals surface area contributed by atoms with Crippen molar-refractivity contribution in [3.05, 3.63) is 41.8 Å². The van der Waals surface area contributed by atoms with Crippen molar-refractivity contribution in [2.45, 2.75) is 18.9 Å². The Morgan fingerprint density at radius 2 is 2.14 bits per heavy atom. The van der Waals surface area contributed by atoms with E-state index < -0.39 is 0 Å². The van der Waals surface area contributed by atoms with E-state index >= 15 is 0 Å². The van der Waals surface area contributed by atoms with E-state index in [1.165, 1.54) is 6.33 Å². The molecule has 9 heteroatoms. The summed E-state index contributed by atoms with van der Waals surface area (Å²) < 4.78 is 7.81. The predicted octanol–water partition coefficient (Wildman–Crippen LogP) is 3.63. The molecule has 29 heavy (non-hydrogen) atoms. The minimum absolute atomic E-state index is 0.139. The number of aryl methyl sites for hydroxylation is 1. The van der Waals surface area contributed by atoms with Crippen LogP contribution in [0.3, 0.4) is 0 Å². The molecular formula is C20H23ClN6O2. The van der Waals surface area contributed by atoms with Crippen LogP contribution < -0.4 is 15.4 Å². The fourth-order valence-electron chi connectivity index (χ4n) is 3.56. The fourth-order valence-corrected chi connectivity index (χ4v) is 3.78. The van der Waals surface area contributed by atoms with E-state index in [0.717, 1.165) is 37.0 Å². The number of amides is 2. The van der Waals surface area contributed by atoms with Gasteiger partial charge in [0, 0.05) is 31.9 Å². The van der Waals surface area contributed by atoms with Crippen LogP contribution in [-0.2, 0) is 7.05 Å². The monoisotopic (exact) mass is 414 g/mol. The summed E-state index contributed by atoms with van der Waals surface area (Å²) in [5, 5.41) is 6.20. The molecule has 4 rings (SSSR count). The lowest BCUT2D eigenvalue weighted by molar-refractivity contribution is 0.216. The summed E-state index contributed by atoms with van der Waals surface area (Å²) >= 11 is 6.37. The summed E-state index contributed by atoms with van der Waals surface area (Å²) in [6, 6.07) is 6.89. The van der Waals surface area contributed by atoms with Crippen molar-refractivity contribution < 1.29 is 9.53 Å². The third-order valence-corrected chi connectivity index (χ3v) is 5.30. The lowest BCUT2D eigenvalue weighted by Gasteiger charge is -2.30. The minimum atomic E-state index is -0.262. The number of piperidine rings is 1. The number of aromatic nitrogens is 3. The van der Waals surface area contributed by atoms with Crippen molar-refractivity contribution in [1.82, 2.24) is 24.8 Å². The molecular weight excluding hydrogens is 392 g/mol. The van der Waals surface area contributed by atoms with Gasteiger partial charge >= 0.3 is 6.03 Å². The maximum atomic E-state index is 12.3. The molecule has 1 aliphatic heterocycles. The highest BCUT2D eigenvalue weighted by molar-refractivity contribution is 6.33. The molecule has 1 atom stereocenters. The van der Waals surface area contributed by atoms with Gasteiger partial charge in [-0.2, -0.15) is 4.98 Å². The Kier molecular flexibility index (Phi) is 5.55. The molecule has 0 spiro atoms. The van der Waals surface area contributed by atoms with E-state index in [1.807, 2.05) is 23.9 Å². The van der Waals surface area contributed by atoms with Crippen molar-refractivity contribution in [2.75, 3.05) is 25.5 Å². The summed E-state index contributed by atoms with van der Waals surface area (Å²) in [6.07, 6.45) is 5.41. The number of hydrogen-bond donors (Lipinski definition) is 2. The van der Waals surface area contributed by atoms with E-state index in [9.17, 15) is 4.79 Å². The second-order valence-corrected chi connectivity index (χ2v) is 7.69. The zero-order chi connectivity index (χ0) is 20.4. The number of urea groups is 1. The summed E-state index contributed by atoms with van der Waals surface area (Å²) in [4.78, 5) is 23.0. The SMILES string of the molecule is CN1CCCC(NC(=O)Nc2ccc(Oc3ncnc4ccn(C)c34)cc2Cl)C1. The van der Waals surface area contributed by atoms with Gasteiger partial charge in [0.2, 0.25) is 5.88 Å². The van der Waals surface area contributed by atoms with Crippen LogP contribution in [0.4, 0.5) is 10.5 Å². The largest absolute Gasteiger partial charge is 0.437 e. The normalized spacial score (nSPS) is 17.3. The molecule has 1 aromatic carbocycles. The van der Waals surface area contributed by atoms with Crippen LogP contribution in [0.5, 0.6) is 11.6 Å². The Hall–Kier alpha value is -2.84. The van der Waals surface area contributed by atoms with Crippen LogP contribution in [0.2, 0.25) is 5.02 Å². The topological polar surface area (TPSA) is 84.3 Å². The molecule has 0 saturated carbocycles. The van der Waals surface area contributed by atoms with Crippen molar-refractivity contribution in [1.29, 1.82) is 0 Å². The number of carbonyl (C=O) groups excluding carboxylic acids is 1. The summed E-state index contributed by atoms with van der Waals surface area (Å²) in [6.45, 7) is 1.91. The Bertz CT molecular complexity index is 1040. The number of nitrogens with zero attached hydrogens (tertiary/aromatic N) is 4. The highest BCUT2D eigenvalue weighted by atomic mass is 35.5. The number of hydrogen-bond acceptors (Lipinski definition) is 5.